The van der Waals surface area contributed by atoms with E-state index in [9.17, 15) is 28.5 Å². The number of halogens is 3. The largest absolute Gasteiger partial charge is 0.396 e. The molecule has 40 heavy (non-hydrogen) atoms. The molecule has 1 saturated carbocycles. The number of nitrogens with two attached hydrogens (primary N) is 1. The molecule has 1 aromatic carbocycles. The molecule has 4 aromatic rings. The third-order valence-electron chi connectivity index (χ3n) is 7.02. The number of aromatic nitrogens is 4. The second-order valence-corrected chi connectivity index (χ2v) is 11.0. The van der Waals surface area contributed by atoms with Crippen LogP contribution in [-0.4, -0.2) is 60.1 Å². The fraction of sp³-hybridized carbons (Fsp3) is 0.385. The molecule has 6 N–H and O–H groups in total. The monoisotopic (exact) mass is 575 g/mol. The highest BCUT2D eigenvalue weighted by atomic mass is 32.1. The van der Waals surface area contributed by atoms with Crippen LogP contribution < -0.4 is 16.2 Å². The van der Waals surface area contributed by atoms with Gasteiger partial charge < -0.3 is 20.6 Å². The van der Waals surface area contributed by atoms with E-state index in [1.54, 1.807) is 6.92 Å². The van der Waals surface area contributed by atoms with Crippen molar-refractivity contribution in [1.82, 2.24) is 19.9 Å². The Morgan fingerprint density at radius 2 is 1.70 bits per heavy atom. The number of benzene rings is 1. The number of thiazole rings is 1. The first-order valence-corrected chi connectivity index (χ1v) is 13.3. The Hall–Kier alpha value is -3.43. The van der Waals surface area contributed by atoms with E-state index in [-0.39, 0.29) is 24.8 Å². The van der Waals surface area contributed by atoms with E-state index in [2.05, 4.69) is 20.3 Å². The molecular formula is C26H28F3N7O3S. The molecule has 212 valence electrons. The summed E-state index contributed by atoms with van der Waals surface area (Å²) in [4.78, 5) is 18.2. The van der Waals surface area contributed by atoms with Crippen molar-refractivity contribution in [3.63, 3.8) is 0 Å². The van der Waals surface area contributed by atoms with Crippen molar-refractivity contribution in [1.29, 1.82) is 0 Å². The molecule has 0 bridgehead atoms. The molecule has 14 heteroatoms. The van der Waals surface area contributed by atoms with Crippen LogP contribution in [-0.2, 0) is 6.54 Å². The first kappa shape index (κ1) is 28.1. The molecule has 1 aliphatic carbocycles. The van der Waals surface area contributed by atoms with Crippen LogP contribution in [0.2, 0.25) is 0 Å². The molecule has 0 amide bonds. The second kappa shape index (κ2) is 10.9. The summed E-state index contributed by atoms with van der Waals surface area (Å²) in [5.41, 5.74) is 2.76. The molecule has 0 unspecified atom stereocenters. The third-order valence-corrected chi connectivity index (χ3v) is 8.04. The Labute approximate surface area is 231 Å². The topological polar surface area (TPSA) is 154 Å². The van der Waals surface area contributed by atoms with Gasteiger partial charge >= 0.3 is 0 Å². The summed E-state index contributed by atoms with van der Waals surface area (Å²) in [5, 5.41) is 35.3. The number of rotatable bonds is 7. The second-order valence-electron chi connectivity index (χ2n) is 9.93. The van der Waals surface area contributed by atoms with Crippen LogP contribution in [0.15, 0.2) is 18.2 Å². The minimum absolute atomic E-state index is 0.103. The summed E-state index contributed by atoms with van der Waals surface area (Å²) >= 11 is 1.39. The maximum atomic E-state index is 14.3. The van der Waals surface area contributed by atoms with Crippen molar-refractivity contribution in [3.05, 3.63) is 58.3 Å². The number of pyridine rings is 1. The van der Waals surface area contributed by atoms with Gasteiger partial charge in [0.05, 0.1) is 40.3 Å². The van der Waals surface area contributed by atoms with Gasteiger partial charge in [-0.05, 0) is 33.3 Å². The molecule has 3 aromatic heterocycles. The number of anilines is 2. The van der Waals surface area contributed by atoms with Gasteiger partial charge in [-0.15, -0.1) is 11.3 Å². The Morgan fingerprint density at radius 1 is 1.00 bits per heavy atom. The summed E-state index contributed by atoms with van der Waals surface area (Å²) in [6.07, 6.45) is -2.11. The van der Waals surface area contributed by atoms with Crippen molar-refractivity contribution >= 4 is 33.3 Å². The highest BCUT2D eigenvalue weighted by Gasteiger charge is 2.41. The van der Waals surface area contributed by atoms with Crippen molar-refractivity contribution in [2.24, 2.45) is 11.8 Å². The number of hydrazine groups is 1. The lowest BCUT2D eigenvalue weighted by molar-refractivity contribution is 0.00446. The maximum Gasteiger partial charge on any atom is 0.242 e. The number of aryl methyl sites for hydroxylation is 3. The van der Waals surface area contributed by atoms with Crippen LogP contribution in [0.1, 0.15) is 29.1 Å². The number of hydrogen-bond donors (Lipinski definition) is 5. The average molecular weight is 576 g/mol. The summed E-state index contributed by atoms with van der Waals surface area (Å²) in [5.74, 6) is 2.44. The summed E-state index contributed by atoms with van der Waals surface area (Å²) in [6.45, 7) is 4.62. The molecule has 0 radical (unpaired) electrons. The quantitative estimate of drug-likeness (QED) is 0.164. The summed E-state index contributed by atoms with van der Waals surface area (Å²) in [7, 11) is 0. The van der Waals surface area contributed by atoms with Crippen LogP contribution in [0, 0.1) is 44.1 Å². The van der Waals surface area contributed by atoms with Gasteiger partial charge in [-0.3, -0.25) is 9.99 Å². The molecule has 1 fully saturated rings. The first-order chi connectivity index (χ1) is 19.0. The standard InChI is InChI=1S/C26H28F3N7O3S/c1-10-4-19-21(12(3)31-10)34-25(40-19)20-11(2)32-26(36(30)8-15-16(28)6-14(27)7-17(15)29)35-24(20)33-18-5-13(9-37)22(38)23(18)39/h4,6-7,13,18,22-23,37-39H,5,8-9,30H2,1-3H3,(H,32,33,35)/t13-,18-,22-,23+/m1/s1. The number of hydrogen-bond acceptors (Lipinski definition) is 11. The Balaban J connectivity index is 1.58. The van der Waals surface area contributed by atoms with Crippen LogP contribution in [0.4, 0.5) is 24.9 Å². The van der Waals surface area contributed by atoms with E-state index in [0.717, 1.165) is 21.1 Å². The lowest BCUT2D eigenvalue weighted by Gasteiger charge is -2.23. The van der Waals surface area contributed by atoms with E-state index in [1.807, 2.05) is 19.9 Å². The Morgan fingerprint density at radius 3 is 2.35 bits per heavy atom. The van der Waals surface area contributed by atoms with Crippen molar-refractivity contribution in [2.75, 3.05) is 16.9 Å². The van der Waals surface area contributed by atoms with Crippen molar-refractivity contribution in [2.45, 2.75) is 52.0 Å². The first-order valence-electron chi connectivity index (χ1n) is 12.5. The van der Waals surface area contributed by atoms with Crippen molar-refractivity contribution < 1.29 is 28.5 Å². The molecule has 3 heterocycles. The van der Waals surface area contributed by atoms with Gasteiger partial charge in [-0.25, -0.2) is 29.0 Å². The molecule has 10 nitrogen and oxygen atoms in total. The van der Waals surface area contributed by atoms with Gasteiger partial charge in [0.2, 0.25) is 5.95 Å². The van der Waals surface area contributed by atoms with E-state index < -0.39 is 53.7 Å². The molecule has 0 saturated heterocycles. The zero-order valence-electron chi connectivity index (χ0n) is 21.9. The van der Waals surface area contributed by atoms with Gasteiger partial charge in [0.15, 0.2) is 0 Å². The van der Waals surface area contributed by atoms with Gasteiger partial charge in [0, 0.05) is 35.9 Å². The van der Waals surface area contributed by atoms with Gasteiger partial charge in [0.25, 0.3) is 0 Å². The smallest absolute Gasteiger partial charge is 0.242 e. The van der Waals surface area contributed by atoms with Crippen LogP contribution >= 0.6 is 11.3 Å². The van der Waals surface area contributed by atoms with E-state index >= 15 is 0 Å². The Kier molecular flexibility index (Phi) is 7.63. The lowest BCUT2D eigenvalue weighted by atomic mass is 10.1. The van der Waals surface area contributed by atoms with Crippen LogP contribution in [0.25, 0.3) is 20.8 Å². The SMILES string of the molecule is Cc1cc2sc(-c3c(C)nc(N(N)Cc4c(F)cc(F)cc4F)nc3N[C@@H]3C[C@H](CO)[C@@H](O)[C@H]3O)nc2c(C)n1. The number of fused-ring (bicyclic) bond motifs is 1. The van der Waals surface area contributed by atoms with E-state index in [1.165, 1.54) is 11.3 Å². The fourth-order valence-corrected chi connectivity index (χ4v) is 6.18. The molecule has 1 aliphatic rings. The van der Waals surface area contributed by atoms with Crippen LogP contribution in [0.5, 0.6) is 0 Å². The normalized spacial score (nSPS) is 20.9. The Bertz CT molecular complexity index is 1560. The highest BCUT2D eigenvalue weighted by molar-refractivity contribution is 7.21. The number of aliphatic hydroxyl groups is 3. The lowest BCUT2D eigenvalue weighted by Crippen LogP contribution is -2.36. The van der Waals surface area contributed by atoms with Gasteiger partial charge in [-0.2, -0.15) is 4.98 Å². The fourth-order valence-electron chi connectivity index (χ4n) is 4.97. The molecule has 0 aliphatic heterocycles. The number of nitrogens with zero attached hydrogens (tertiary/aromatic N) is 5. The minimum Gasteiger partial charge on any atom is -0.396 e. The molecule has 5 rings (SSSR count). The van der Waals surface area contributed by atoms with Gasteiger partial charge in [-0.1, -0.05) is 0 Å². The zero-order chi connectivity index (χ0) is 28.9. The molecular weight excluding hydrogens is 547 g/mol. The summed E-state index contributed by atoms with van der Waals surface area (Å²) < 4.78 is 42.9. The number of aliphatic hydroxyl groups excluding tert-OH is 3. The average Bonchev–Trinajstić information content (AvgIpc) is 3.42. The van der Waals surface area contributed by atoms with E-state index in [0.29, 0.717) is 33.9 Å². The predicted octanol–water partition coefficient (Wildman–Crippen LogP) is 2.89. The summed E-state index contributed by atoms with van der Waals surface area (Å²) in [6, 6.07) is 2.35. The van der Waals surface area contributed by atoms with E-state index in [4.69, 9.17) is 10.8 Å². The maximum absolute atomic E-state index is 14.3. The van der Waals surface area contributed by atoms with Crippen molar-refractivity contribution in [3.8, 4) is 10.6 Å². The minimum atomic E-state index is -1.20. The zero-order valence-corrected chi connectivity index (χ0v) is 22.7. The molecule has 0 spiro atoms. The van der Waals surface area contributed by atoms with Gasteiger partial charge in [0.1, 0.15) is 39.9 Å². The molecule has 4 atom stereocenters. The highest BCUT2D eigenvalue weighted by Crippen LogP contribution is 2.39. The van der Waals surface area contributed by atoms with Crippen LogP contribution in [0.3, 0.4) is 0 Å². The predicted molar refractivity (Wildman–Crippen MR) is 144 cm³/mol. The third kappa shape index (κ3) is 5.20. The number of nitrogens with one attached hydrogen (secondary N) is 1.